The van der Waals surface area contributed by atoms with E-state index in [9.17, 15) is 4.79 Å². The summed E-state index contributed by atoms with van der Waals surface area (Å²) in [5.41, 5.74) is 9.29. The topological polar surface area (TPSA) is 102 Å². The number of aromatic nitrogens is 2. The largest absolute Gasteiger partial charge is 0.469 e. The second kappa shape index (κ2) is 7.88. The van der Waals surface area contributed by atoms with Crippen LogP contribution in [0.15, 0.2) is 48.5 Å². The van der Waals surface area contributed by atoms with E-state index in [-0.39, 0.29) is 11.8 Å². The van der Waals surface area contributed by atoms with Gasteiger partial charge in [-0.2, -0.15) is 0 Å². The summed E-state index contributed by atoms with van der Waals surface area (Å²) in [6, 6.07) is 15.6. The van der Waals surface area contributed by atoms with Crippen molar-refractivity contribution in [3.63, 3.8) is 0 Å². The van der Waals surface area contributed by atoms with E-state index in [0.717, 1.165) is 26.7 Å². The van der Waals surface area contributed by atoms with Crippen molar-refractivity contribution in [3.05, 3.63) is 59.1 Å². The number of esters is 1. The normalized spacial score (nSPS) is 10.5. The monoisotopic (exact) mass is 366 g/mol. The van der Waals surface area contributed by atoms with Crippen molar-refractivity contribution in [3.8, 4) is 21.7 Å². The molecule has 7 heteroatoms. The number of methoxy groups -OCH3 is 1. The molecule has 132 valence electrons. The molecule has 0 aliphatic heterocycles. The van der Waals surface area contributed by atoms with Crippen LogP contribution in [0.5, 0.6) is 0 Å². The lowest BCUT2D eigenvalue weighted by Crippen LogP contribution is -2.10. The fourth-order valence-corrected chi connectivity index (χ4v) is 3.27. The van der Waals surface area contributed by atoms with Crippen molar-refractivity contribution in [1.29, 1.82) is 5.41 Å². The molecule has 0 saturated carbocycles. The molecule has 0 fully saturated rings. The van der Waals surface area contributed by atoms with Crippen LogP contribution < -0.4 is 5.73 Å². The van der Waals surface area contributed by atoms with Crippen LogP contribution in [0.2, 0.25) is 0 Å². The lowest BCUT2D eigenvalue weighted by Gasteiger charge is -2.04. The number of amidine groups is 1. The number of carbonyl (C=O) groups excluding carboxylic acids is 1. The van der Waals surface area contributed by atoms with E-state index in [2.05, 4.69) is 14.9 Å². The van der Waals surface area contributed by atoms with E-state index < -0.39 is 0 Å². The van der Waals surface area contributed by atoms with E-state index in [1.807, 2.05) is 48.5 Å². The van der Waals surface area contributed by atoms with E-state index in [1.165, 1.54) is 18.4 Å². The summed E-state index contributed by atoms with van der Waals surface area (Å²) in [6.07, 6.45) is 0.839. The van der Waals surface area contributed by atoms with Crippen LogP contribution in [0, 0.1) is 5.41 Å². The van der Waals surface area contributed by atoms with Gasteiger partial charge in [0.2, 0.25) is 0 Å². The van der Waals surface area contributed by atoms with Gasteiger partial charge in [-0.05, 0) is 11.1 Å². The number of rotatable bonds is 6. The molecule has 0 radical (unpaired) electrons. The summed E-state index contributed by atoms with van der Waals surface area (Å²) in [4.78, 5) is 11.2. The molecule has 6 nitrogen and oxygen atoms in total. The summed E-state index contributed by atoms with van der Waals surface area (Å²) >= 11 is 1.48. The maximum Gasteiger partial charge on any atom is 0.305 e. The molecular formula is C19H18N4O2S. The average molecular weight is 366 g/mol. The van der Waals surface area contributed by atoms with Crippen LogP contribution >= 0.6 is 11.3 Å². The van der Waals surface area contributed by atoms with Gasteiger partial charge in [0.1, 0.15) is 15.9 Å². The highest BCUT2D eigenvalue weighted by atomic mass is 32.1. The Bertz CT molecular complexity index is 917. The fraction of sp³-hybridized carbons (Fsp3) is 0.158. The first-order valence-electron chi connectivity index (χ1n) is 8.01. The molecule has 1 aromatic heterocycles. The van der Waals surface area contributed by atoms with Crippen LogP contribution in [-0.4, -0.2) is 29.1 Å². The van der Waals surface area contributed by atoms with Gasteiger partial charge in [0.05, 0.1) is 13.5 Å². The van der Waals surface area contributed by atoms with Crippen molar-refractivity contribution in [1.82, 2.24) is 10.2 Å². The zero-order chi connectivity index (χ0) is 18.5. The van der Waals surface area contributed by atoms with Gasteiger partial charge >= 0.3 is 5.97 Å². The minimum absolute atomic E-state index is 0.0613. The first-order chi connectivity index (χ1) is 12.6. The summed E-state index contributed by atoms with van der Waals surface area (Å²) < 4.78 is 4.64. The first kappa shape index (κ1) is 17.8. The van der Waals surface area contributed by atoms with Gasteiger partial charge in [-0.15, -0.1) is 10.2 Å². The zero-order valence-electron chi connectivity index (χ0n) is 14.2. The molecule has 0 aliphatic carbocycles. The number of hydrogen-bond acceptors (Lipinski definition) is 6. The molecule has 0 saturated heterocycles. The maximum absolute atomic E-state index is 11.2. The van der Waals surface area contributed by atoms with Gasteiger partial charge in [0, 0.05) is 17.5 Å². The molecular weight excluding hydrogens is 348 g/mol. The number of nitrogens with zero attached hydrogens (tertiary/aromatic N) is 2. The Kier molecular flexibility index (Phi) is 5.38. The lowest BCUT2D eigenvalue weighted by molar-refractivity contribution is -0.140. The second-order valence-corrected chi connectivity index (χ2v) is 6.71. The Hall–Kier alpha value is -3.06. The Morgan fingerprint density at radius 1 is 1.04 bits per heavy atom. The number of nitrogen functional groups attached to an aromatic ring is 1. The number of aryl methyl sites for hydroxylation is 1. The van der Waals surface area contributed by atoms with E-state index in [1.54, 1.807) is 0 Å². The number of nitrogens with one attached hydrogen (secondary N) is 1. The van der Waals surface area contributed by atoms with Crippen molar-refractivity contribution in [2.24, 2.45) is 5.73 Å². The lowest BCUT2D eigenvalue weighted by atomic mass is 10.0. The van der Waals surface area contributed by atoms with Gasteiger partial charge < -0.3 is 10.5 Å². The summed E-state index contributed by atoms with van der Waals surface area (Å²) in [5, 5.41) is 17.4. The number of nitrogens with two attached hydrogens (primary N) is 1. The van der Waals surface area contributed by atoms with Gasteiger partial charge in [-0.25, -0.2) is 0 Å². The highest BCUT2D eigenvalue weighted by Crippen LogP contribution is 2.27. The van der Waals surface area contributed by atoms with E-state index in [0.29, 0.717) is 18.4 Å². The third kappa shape index (κ3) is 4.12. The summed E-state index contributed by atoms with van der Waals surface area (Å²) in [5.74, 6) is -0.187. The Morgan fingerprint density at radius 2 is 1.62 bits per heavy atom. The van der Waals surface area contributed by atoms with Crippen LogP contribution in [0.1, 0.15) is 17.0 Å². The molecule has 3 N–H and O–H groups in total. The second-order valence-electron chi connectivity index (χ2n) is 5.65. The summed E-state index contributed by atoms with van der Waals surface area (Å²) in [6.45, 7) is 0. The molecule has 0 bridgehead atoms. The molecule has 0 atom stereocenters. The molecule has 1 heterocycles. The quantitative estimate of drug-likeness (QED) is 0.396. The predicted molar refractivity (Wildman–Crippen MR) is 102 cm³/mol. The molecule has 3 rings (SSSR count). The van der Waals surface area contributed by atoms with Crippen molar-refractivity contribution < 1.29 is 9.53 Å². The standard InChI is InChI=1S/C19H18N4O2S/c1-25-17(24)11-10-16-22-23-19(26-16)15-8-4-13(5-9-15)12-2-6-14(7-3-12)18(20)21/h2-9H,10-11H2,1H3,(H3,20,21). The number of benzene rings is 2. The molecule has 0 spiro atoms. The van der Waals surface area contributed by atoms with Gasteiger partial charge in [-0.3, -0.25) is 10.2 Å². The Morgan fingerprint density at radius 3 is 2.19 bits per heavy atom. The maximum atomic E-state index is 11.2. The minimum Gasteiger partial charge on any atom is -0.469 e. The Balaban J connectivity index is 1.72. The highest BCUT2D eigenvalue weighted by molar-refractivity contribution is 7.14. The van der Waals surface area contributed by atoms with E-state index >= 15 is 0 Å². The van der Waals surface area contributed by atoms with Crippen molar-refractivity contribution in [2.75, 3.05) is 7.11 Å². The van der Waals surface area contributed by atoms with E-state index in [4.69, 9.17) is 11.1 Å². The molecule has 26 heavy (non-hydrogen) atoms. The smallest absolute Gasteiger partial charge is 0.305 e. The van der Waals surface area contributed by atoms with Crippen molar-refractivity contribution >= 4 is 23.1 Å². The third-order valence-electron chi connectivity index (χ3n) is 3.90. The highest BCUT2D eigenvalue weighted by Gasteiger charge is 2.09. The molecule has 0 aliphatic rings. The fourth-order valence-electron chi connectivity index (χ4n) is 2.43. The minimum atomic E-state index is -0.248. The molecule has 0 amide bonds. The first-order valence-corrected chi connectivity index (χ1v) is 8.83. The third-order valence-corrected chi connectivity index (χ3v) is 4.93. The SMILES string of the molecule is COC(=O)CCc1nnc(-c2ccc(-c3ccc(C(=N)N)cc3)cc2)s1. The van der Waals surface area contributed by atoms with Gasteiger partial charge in [0.15, 0.2) is 0 Å². The van der Waals surface area contributed by atoms with Crippen LogP contribution in [0.4, 0.5) is 0 Å². The van der Waals surface area contributed by atoms with Crippen molar-refractivity contribution in [2.45, 2.75) is 12.8 Å². The van der Waals surface area contributed by atoms with Crippen LogP contribution in [0.3, 0.4) is 0 Å². The zero-order valence-corrected chi connectivity index (χ0v) is 15.0. The van der Waals surface area contributed by atoms with Gasteiger partial charge in [-0.1, -0.05) is 59.9 Å². The Labute approximate surface area is 155 Å². The summed E-state index contributed by atoms with van der Waals surface area (Å²) in [7, 11) is 1.38. The average Bonchev–Trinajstić information content (AvgIpc) is 3.15. The van der Waals surface area contributed by atoms with Crippen LogP contribution in [-0.2, 0) is 16.0 Å². The van der Waals surface area contributed by atoms with Gasteiger partial charge in [0.25, 0.3) is 0 Å². The molecule has 3 aromatic rings. The molecule has 0 unspecified atom stereocenters. The van der Waals surface area contributed by atoms with Crippen LogP contribution in [0.25, 0.3) is 21.7 Å². The number of carbonyl (C=O) groups is 1. The predicted octanol–water partition coefficient (Wildman–Crippen LogP) is 3.26. The number of hydrogen-bond donors (Lipinski definition) is 2. The number of ether oxygens (including phenoxy) is 1. The molecule has 2 aromatic carbocycles.